The summed E-state index contributed by atoms with van der Waals surface area (Å²) in [5.74, 6) is -2.17. The van der Waals surface area contributed by atoms with Gasteiger partial charge in [-0.05, 0) is 44.8 Å². The summed E-state index contributed by atoms with van der Waals surface area (Å²) in [6.07, 6.45) is 7.03. The SMILES string of the molecule is [2H]C(CC=CCC=CCC=CCCCCC)=C([2H])C([2H])([2H])C([2H])([2H])C([2H])([2H])C(=O)O. The van der Waals surface area contributed by atoms with Crippen molar-refractivity contribution >= 4 is 5.97 Å². The molecule has 0 aliphatic carbocycles. The minimum Gasteiger partial charge on any atom is -0.481 e. The minimum atomic E-state index is -3.56. The molecule has 0 bridgehead atoms. The molecule has 0 unspecified atom stereocenters. The molecule has 0 aromatic carbocycles. The lowest BCUT2D eigenvalue weighted by Gasteiger charge is -1.90. The standard InChI is InChI=1S/C20H32O2/c1-2-3-4-5-6-7-8-9-10-11-12-13-14-15-16-17-18-19-20(21)22/h6-7,9-10,12-13,15-16H,2-5,8,11,14,17-19H2,1H3,(H,21,22)/i15D,16D,17D2,18D2,19D2. The molecular formula is C20H32O2. The van der Waals surface area contributed by atoms with Gasteiger partial charge in [-0.25, -0.2) is 0 Å². The Morgan fingerprint density at radius 1 is 1.00 bits per heavy atom. The van der Waals surface area contributed by atoms with Crippen LogP contribution < -0.4 is 0 Å². The van der Waals surface area contributed by atoms with Crippen LogP contribution in [-0.2, 0) is 4.79 Å². The van der Waals surface area contributed by atoms with E-state index in [1.165, 1.54) is 19.3 Å². The van der Waals surface area contributed by atoms with Crippen LogP contribution in [0.4, 0.5) is 0 Å². The van der Waals surface area contributed by atoms with E-state index in [0.29, 0.717) is 6.42 Å². The lowest BCUT2D eigenvalue weighted by molar-refractivity contribution is -0.137. The van der Waals surface area contributed by atoms with E-state index >= 15 is 0 Å². The van der Waals surface area contributed by atoms with Crippen molar-refractivity contribution in [1.29, 1.82) is 0 Å². The molecule has 0 aliphatic heterocycles. The lowest BCUT2D eigenvalue weighted by Crippen LogP contribution is -1.92. The highest BCUT2D eigenvalue weighted by atomic mass is 16.4. The molecule has 0 saturated carbocycles. The highest BCUT2D eigenvalue weighted by Gasteiger charge is 1.92. The summed E-state index contributed by atoms with van der Waals surface area (Å²) in [5, 5.41) is 8.86. The number of carboxylic acids is 1. The number of carboxylic acid groups (broad SMARTS) is 1. The van der Waals surface area contributed by atoms with Gasteiger partial charge in [-0.2, -0.15) is 0 Å². The normalized spacial score (nSPS) is 20.6. The highest BCUT2D eigenvalue weighted by Crippen LogP contribution is 2.01. The predicted molar refractivity (Wildman–Crippen MR) is 96.0 cm³/mol. The molecule has 2 heteroatoms. The number of aliphatic carboxylic acids is 1. The van der Waals surface area contributed by atoms with E-state index in [0.717, 1.165) is 12.8 Å². The average Bonchev–Trinajstić information content (AvgIpc) is 2.67. The van der Waals surface area contributed by atoms with E-state index in [9.17, 15) is 4.79 Å². The number of rotatable bonds is 14. The number of carbonyl (C=O) groups is 1. The van der Waals surface area contributed by atoms with E-state index in [1.54, 1.807) is 12.2 Å². The summed E-state index contributed by atoms with van der Waals surface area (Å²) < 4.78 is 61.0. The molecule has 0 atom stereocenters. The van der Waals surface area contributed by atoms with Gasteiger partial charge in [0.1, 0.15) is 0 Å². The van der Waals surface area contributed by atoms with Crippen LogP contribution >= 0.6 is 0 Å². The summed E-state index contributed by atoms with van der Waals surface area (Å²) in [6.45, 7) is 2.16. The Morgan fingerprint density at radius 3 is 2.27 bits per heavy atom. The van der Waals surface area contributed by atoms with Crippen molar-refractivity contribution < 1.29 is 20.9 Å². The first-order valence-electron chi connectivity index (χ1n) is 11.7. The first-order valence-corrected chi connectivity index (χ1v) is 7.69. The van der Waals surface area contributed by atoms with E-state index in [2.05, 4.69) is 19.1 Å². The smallest absolute Gasteiger partial charge is 0.303 e. The van der Waals surface area contributed by atoms with Crippen molar-refractivity contribution in [3.05, 3.63) is 48.6 Å². The van der Waals surface area contributed by atoms with Crippen molar-refractivity contribution in [1.82, 2.24) is 0 Å². The Labute approximate surface area is 147 Å². The van der Waals surface area contributed by atoms with Crippen LogP contribution in [0, 0.1) is 0 Å². The Hall–Kier alpha value is -1.57. The monoisotopic (exact) mass is 312 g/mol. The van der Waals surface area contributed by atoms with Gasteiger partial charge in [0, 0.05) is 14.6 Å². The van der Waals surface area contributed by atoms with Crippen molar-refractivity contribution in [2.24, 2.45) is 0 Å². The second-order valence-electron chi connectivity index (χ2n) is 4.57. The zero-order chi connectivity index (χ0) is 23.4. The summed E-state index contributed by atoms with van der Waals surface area (Å²) >= 11 is 0. The topological polar surface area (TPSA) is 37.3 Å². The number of hydrogen-bond donors (Lipinski definition) is 1. The third kappa shape index (κ3) is 18.4. The van der Waals surface area contributed by atoms with Crippen molar-refractivity contribution in [2.75, 3.05) is 0 Å². The van der Waals surface area contributed by atoms with Gasteiger partial charge in [0.2, 0.25) is 0 Å². The summed E-state index contributed by atoms with van der Waals surface area (Å²) in [4.78, 5) is 11.0. The maximum Gasteiger partial charge on any atom is 0.303 e. The Morgan fingerprint density at radius 2 is 1.64 bits per heavy atom. The molecular weight excluding hydrogens is 272 g/mol. The fourth-order valence-electron chi connectivity index (χ4n) is 1.53. The quantitative estimate of drug-likeness (QED) is 0.305. The molecule has 0 aromatic heterocycles. The maximum absolute atomic E-state index is 11.0. The molecule has 0 rings (SSSR count). The molecule has 22 heavy (non-hydrogen) atoms. The van der Waals surface area contributed by atoms with Crippen molar-refractivity contribution in [2.45, 2.75) is 71.0 Å². The summed E-state index contributed by atoms with van der Waals surface area (Å²) in [6, 6.07) is -1.62. The maximum atomic E-state index is 11.0. The van der Waals surface area contributed by atoms with Crippen LogP contribution in [0.1, 0.15) is 82.0 Å². The highest BCUT2D eigenvalue weighted by molar-refractivity contribution is 5.66. The molecule has 2 nitrogen and oxygen atoms in total. The molecule has 0 heterocycles. The van der Waals surface area contributed by atoms with Gasteiger partial charge in [-0.3, -0.25) is 4.79 Å². The second-order valence-corrected chi connectivity index (χ2v) is 4.57. The van der Waals surface area contributed by atoms with Crippen molar-refractivity contribution in [3.8, 4) is 0 Å². The van der Waals surface area contributed by atoms with Crippen LogP contribution in [0.15, 0.2) is 48.6 Å². The number of hydrogen-bond acceptors (Lipinski definition) is 1. The van der Waals surface area contributed by atoms with Gasteiger partial charge in [0.15, 0.2) is 0 Å². The fraction of sp³-hybridized carbons (Fsp3) is 0.550. The van der Waals surface area contributed by atoms with Gasteiger partial charge in [0.05, 0.1) is 2.74 Å². The average molecular weight is 313 g/mol. The largest absolute Gasteiger partial charge is 0.481 e. The molecule has 0 spiro atoms. The molecule has 0 saturated heterocycles. The van der Waals surface area contributed by atoms with E-state index < -0.39 is 37.2 Å². The van der Waals surface area contributed by atoms with Crippen LogP contribution in [0.3, 0.4) is 0 Å². The third-order valence-electron chi connectivity index (χ3n) is 2.62. The number of unbranched alkanes of at least 4 members (excludes halogenated alkanes) is 3. The molecule has 0 amide bonds. The lowest BCUT2D eigenvalue weighted by atomic mass is 10.2. The fourth-order valence-corrected chi connectivity index (χ4v) is 1.53. The first-order chi connectivity index (χ1) is 13.8. The van der Waals surface area contributed by atoms with E-state index in [4.69, 9.17) is 16.1 Å². The first kappa shape index (κ1) is 10.3. The van der Waals surface area contributed by atoms with Gasteiger partial charge in [-0.15, -0.1) is 0 Å². The molecule has 0 aromatic rings. The molecule has 0 radical (unpaired) electrons. The van der Waals surface area contributed by atoms with Crippen molar-refractivity contribution in [3.63, 3.8) is 0 Å². The van der Waals surface area contributed by atoms with Gasteiger partial charge in [0.25, 0.3) is 0 Å². The van der Waals surface area contributed by atoms with Crippen LogP contribution in [0.25, 0.3) is 0 Å². The number of allylic oxidation sites excluding steroid dienone is 8. The molecule has 1 N–H and O–H groups in total. The Kier molecular flexibility index (Phi) is 8.15. The predicted octanol–water partition coefficient (Wildman–Crippen LogP) is 6.22. The van der Waals surface area contributed by atoms with Gasteiger partial charge in [-0.1, -0.05) is 68.3 Å². The third-order valence-corrected chi connectivity index (χ3v) is 2.62. The summed E-state index contributed by atoms with van der Waals surface area (Å²) in [5.41, 5.74) is 0. The van der Waals surface area contributed by atoms with Crippen LogP contribution in [0.5, 0.6) is 0 Å². The van der Waals surface area contributed by atoms with E-state index in [-0.39, 0.29) is 6.42 Å². The molecule has 124 valence electrons. The zero-order valence-electron chi connectivity index (χ0n) is 21.3. The zero-order valence-corrected chi connectivity index (χ0v) is 13.3. The van der Waals surface area contributed by atoms with Crippen LogP contribution in [0.2, 0.25) is 0 Å². The van der Waals surface area contributed by atoms with Gasteiger partial charge < -0.3 is 5.11 Å². The Bertz CT molecular complexity index is 664. The Balaban J connectivity index is 4.78. The van der Waals surface area contributed by atoms with Crippen LogP contribution in [-0.4, -0.2) is 11.1 Å². The minimum absolute atomic E-state index is 0.143. The van der Waals surface area contributed by atoms with E-state index in [1.807, 2.05) is 12.2 Å². The van der Waals surface area contributed by atoms with Gasteiger partial charge >= 0.3 is 5.97 Å². The summed E-state index contributed by atoms with van der Waals surface area (Å²) in [7, 11) is 0. The molecule has 0 fully saturated rings. The second kappa shape index (κ2) is 17.5. The molecule has 0 aliphatic rings.